The molecule has 0 aliphatic heterocycles. The Kier molecular flexibility index (Phi) is 2.67. The number of hydrogen-bond donors (Lipinski definition) is 0. The normalized spacial score (nSPS) is 10.9. The molecule has 0 spiro atoms. The highest BCUT2D eigenvalue weighted by Gasteiger charge is 2.06. The van der Waals surface area contributed by atoms with Gasteiger partial charge in [-0.1, -0.05) is 30.3 Å². The molecule has 3 rings (SSSR count). The zero-order valence-electron chi connectivity index (χ0n) is 9.52. The van der Waals surface area contributed by atoms with E-state index in [1.54, 1.807) is 0 Å². The van der Waals surface area contributed by atoms with E-state index in [-0.39, 0.29) is 0 Å². The first kappa shape index (κ1) is 10.8. The Labute approximate surface area is 114 Å². The molecule has 0 saturated heterocycles. The minimum absolute atomic E-state index is 1.27. The van der Waals surface area contributed by atoms with Gasteiger partial charge in [0, 0.05) is 27.2 Å². The standard InChI is InChI=1S/C15H12IN/c1-17-14-5-3-2-4-12(14)10-15(17)11-6-8-13(16)9-7-11/h2-10H,1H3. The Morgan fingerprint density at radius 1 is 0.941 bits per heavy atom. The first-order valence-electron chi connectivity index (χ1n) is 5.56. The molecule has 1 nitrogen and oxygen atoms in total. The van der Waals surface area contributed by atoms with Crippen molar-refractivity contribution in [3.05, 3.63) is 58.2 Å². The molecule has 2 heteroatoms. The Bertz CT molecular complexity index is 665. The van der Waals surface area contributed by atoms with Crippen LogP contribution >= 0.6 is 22.6 Å². The molecule has 0 bridgehead atoms. The number of hydrogen-bond acceptors (Lipinski definition) is 0. The Morgan fingerprint density at radius 3 is 2.35 bits per heavy atom. The monoisotopic (exact) mass is 333 g/mol. The second kappa shape index (κ2) is 4.18. The lowest BCUT2D eigenvalue weighted by atomic mass is 10.1. The Balaban J connectivity index is 2.24. The van der Waals surface area contributed by atoms with E-state index >= 15 is 0 Å². The van der Waals surface area contributed by atoms with Crippen LogP contribution in [0.5, 0.6) is 0 Å². The third-order valence-electron chi connectivity index (χ3n) is 3.09. The molecule has 1 aromatic heterocycles. The zero-order valence-corrected chi connectivity index (χ0v) is 11.7. The summed E-state index contributed by atoms with van der Waals surface area (Å²) in [6, 6.07) is 19.4. The van der Waals surface area contributed by atoms with Crippen LogP contribution in [0.1, 0.15) is 0 Å². The van der Waals surface area contributed by atoms with E-state index in [2.05, 4.69) is 88.8 Å². The largest absolute Gasteiger partial charge is 0.344 e. The van der Waals surface area contributed by atoms with Crippen molar-refractivity contribution in [2.75, 3.05) is 0 Å². The summed E-state index contributed by atoms with van der Waals surface area (Å²) in [6.45, 7) is 0. The number of fused-ring (bicyclic) bond motifs is 1. The van der Waals surface area contributed by atoms with Gasteiger partial charge < -0.3 is 4.57 Å². The smallest absolute Gasteiger partial charge is 0.0488 e. The second-order valence-corrected chi connectivity index (χ2v) is 5.40. The van der Waals surface area contributed by atoms with Crippen molar-refractivity contribution in [2.24, 2.45) is 7.05 Å². The van der Waals surface area contributed by atoms with E-state index in [0.717, 1.165) is 0 Å². The number of benzene rings is 2. The van der Waals surface area contributed by atoms with Crippen molar-refractivity contribution in [1.29, 1.82) is 0 Å². The molecule has 0 radical (unpaired) electrons. The predicted molar refractivity (Wildman–Crippen MR) is 81.1 cm³/mol. The topological polar surface area (TPSA) is 4.93 Å². The molecule has 17 heavy (non-hydrogen) atoms. The van der Waals surface area contributed by atoms with Crippen molar-refractivity contribution in [3.8, 4) is 11.3 Å². The first-order chi connectivity index (χ1) is 8.25. The van der Waals surface area contributed by atoms with Crippen LogP contribution in [0.25, 0.3) is 22.2 Å². The van der Waals surface area contributed by atoms with Crippen LogP contribution in [0, 0.1) is 3.57 Å². The van der Waals surface area contributed by atoms with Gasteiger partial charge in [0.25, 0.3) is 0 Å². The summed E-state index contributed by atoms with van der Waals surface area (Å²) in [5.41, 5.74) is 3.81. The van der Waals surface area contributed by atoms with Crippen LogP contribution in [0.3, 0.4) is 0 Å². The average Bonchev–Trinajstić information content (AvgIpc) is 2.69. The molecule has 0 N–H and O–H groups in total. The van der Waals surface area contributed by atoms with E-state index in [1.807, 2.05) is 0 Å². The lowest BCUT2D eigenvalue weighted by molar-refractivity contribution is 0.978. The van der Waals surface area contributed by atoms with Gasteiger partial charge in [0.05, 0.1) is 0 Å². The maximum absolute atomic E-state index is 2.33. The van der Waals surface area contributed by atoms with Gasteiger partial charge in [-0.2, -0.15) is 0 Å². The number of para-hydroxylation sites is 1. The van der Waals surface area contributed by atoms with Crippen LogP contribution in [0.2, 0.25) is 0 Å². The van der Waals surface area contributed by atoms with Crippen LogP contribution in [0.15, 0.2) is 54.6 Å². The number of aromatic nitrogens is 1. The van der Waals surface area contributed by atoms with Gasteiger partial charge >= 0.3 is 0 Å². The summed E-state index contributed by atoms with van der Waals surface area (Å²) in [4.78, 5) is 0. The van der Waals surface area contributed by atoms with Crippen LogP contribution in [-0.4, -0.2) is 4.57 Å². The molecular weight excluding hydrogens is 321 g/mol. The minimum atomic E-state index is 1.27. The number of aryl methyl sites for hydroxylation is 1. The SMILES string of the molecule is Cn1c(-c2ccc(I)cc2)cc2ccccc21. The van der Waals surface area contributed by atoms with Gasteiger partial charge in [-0.15, -0.1) is 0 Å². The molecule has 0 amide bonds. The van der Waals surface area contributed by atoms with E-state index in [0.29, 0.717) is 0 Å². The maximum Gasteiger partial charge on any atom is 0.0488 e. The molecule has 0 atom stereocenters. The number of rotatable bonds is 1. The molecule has 0 fully saturated rings. The summed E-state index contributed by atoms with van der Waals surface area (Å²) in [6.07, 6.45) is 0. The summed E-state index contributed by atoms with van der Waals surface area (Å²) >= 11 is 2.33. The quantitative estimate of drug-likeness (QED) is 0.580. The van der Waals surface area contributed by atoms with E-state index in [1.165, 1.54) is 25.7 Å². The molecule has 3 aromatic rings. The highest BCUT2D eigenvalue weighted by molar-refractivity contribution is 14.1. The zero-order chi connectivity index (χ0) is 11.8. The highest BCUT2D eigenvalue weighted by Crippen LogP contribution is 2.27. The summed E-state index contributed by atoms with van der Waals surface area (Å²) in [7, 11) is 2.12. The summed E-state index contributed by atoms with van der Waals surface area (Å²) < 4.78 is 3.52. The van der Waals surface area contributed by atoms with Crippen molar-refractivity contribution < 1.29 is 0 Å². The molecule has 1 heterocycles. The van der Waals surface area contributed by atoms with Crippen molar-refractivity contribution in [3.63, 3.8) is 0 Å². The first-order valence-corrected chi connectivity index (χ1v) is 6.64. The van der Waals surface area contributed by atoms with E-state index in [4.69, 9.17) is 0 Å². The van der Waals surface area contributed by atoms with Gasteiger partial charge in [0.1, 0.15) is 0 Å². The molecule has 84 valence electrons. The van der Waals surface area contributed by atoms with Gasteiger partial charge in [0.2, 0.25) is 0 Å². The van der Waals surface area contributed by atoms with Crippen molar-refractivity contribution in [2.45, 2.75) is 0 Å². The Morgan fingerprint density at radius 2 is 1.65 bits per heavy atom. The fraction of sp³-hybridized carbons (Fsp3) is 0.0667. The molecule has 0 saturated carbocycles. The van der Waals surface area contributed by atoms with E-state index in [9.17, 15) is 0 Å². The van der Waals surface area contributed by atoms with Crippen molar-refractivity contribution in [1.82, 2.24) is 4.57 Å². The predicted octanol–water partition coefficient (Wildman–Crippen LogP) is 4.45. The second-order valence-electron chi connectivity index (χ2n) is 4.15. The average molecular weight is 333 g/mol. The van der Waals surface area contributed by atoms with E-state index < -0.39 is 0 Å². The molecule has 0 aliphatic carbocycles. The molecular formula is C15H12IN. The van der Waals surface area contributed by atoms with Crippen LogP contribution in [0.4, 0.5) is 0 Å². The van der Waals surface area contributed by atoms with Gasteiger partial charge in [-0.05, 0) is 52.4 Å². The van der Waals surface area contributed by atoms with Gasteiger partial charge in [0.15, 0.2) is 0 Å². The van der Waals surface area contributed by atoms with Crippen LogP contribution < -0.4 is 0 Å². The van der Waals surface area contributed by atoms with Gasteiger partial charge in [-0.25, -0.2) is 0 Å². The lowest BCUT2D eigenvalue weighted by Crippen LogP contribution is -1.90. The highest BCUT2D eigenvalue weighted by atomic mass is 127. The summed E-state index contributed by atoms with van der Waals surface area (Å²) in [5, 5.41) is 1.29. The number of nitrogens with zero attached hydrogens (tertiary/aromatic N) is 1. The maximum atomic E-state index is 2.33. The summed E-state index contributed by atoms with van der Waals surface area (Å²) in [5.74, 6) is 0. The third kappa shape index (κ3) is 1.86. The minimum Gasteiger partial charge on any atom is -0.344 e. The lowest BCUT2D eigenvalue weighted by Gasteiger charge is -2.04. The van der Waals surface area contributed by atoms with Crippen LogP contribution in [-0.2, 0) is 7.05 Å². The fourth-order valence-corrected chi connectivity index (χ4v) is 2.55. The molecule has 2 aromatic carbocycles. The number of halogens is 1. The fourth-order valence-electron chi connectivity index (χ4n) is 2.19. The van der Waals surface area contributed by atoms with Gasteiger partial charge in [-0.3, -0.25) is 0 Å². The van der Waals surface area contributed by atoms with Crippen molar-refractivity contribution >= 4 is 33.5 Å². The molecule has 0 unspecified atom stereocenters. The third-order valence-corrected chi connectivity index (χ3v) is 3.81. The molecule has 0 aliphatic rings. The Hall–Kier alpha value is -1.29.